The molecule has 2 aromatic rings. The first-order valence-electron chi connectivity index (χ1n) is 11.3. The smallest absolute Gasteiger partial charge is 0.330 e. The van der Waals surface area contributed by atoms with Crippen molar-refractivity contribution in [1.82, 2.24) is 5.01 Å². The summed E-state index contributed by atoms with van der Waals surface area (Å²) < 4.78 is 22.2. The molecular formula is C26H26N2O7. The highest BCUT2D eigenvalue weighted by atomic mass is 16.7. The van der Waals surface area contributed by atoms with E-state index in [0.29, 0.717) is 22.6 Å². The molecule has 0 saturated carbocycles. The molecular weight excluding hydrogens is 452 g/mol. The Labute approximate surface area is 202 Å². The standard InChI is InChI=1S/C26H26N2O7/c1-14(29)21-20(15-10-11-18(32-4)19(12-15)33-5)26(23(30)34-25(2,3)35-24(26)31)22-17-9-7-6-8-16(17)13-27-28(21)22/h6-13,20-22H,1-5H3/t20-,21-,22?/m0/s1. The van der Waals surface area contributed by atoms with Crippen molar-refractivity contribution in [3.8, 4) is 11.5 Å². The van der Waals surface area contributed by atoms with Crippen LogP contribution in [0.5, 0.6) is 11.5 Å². The Kier molecular flexibility index (Phi) is 5.12. The van der Waals surface area contributed by atoms with Crippen LogP contribution in [0.15, 0.2) is 47.6 Å². The fourth-order valence-corrected chi connectivity index (χ4v) is 5.58. The minimum atomic E-state index is -1.89. The number of rotatable bonds is 4. The molecule has 2 saturated heterocycles. The van der Waals surface area contributed by atoms with Crippen molar-refractivity contribution in [1.29, 1.82) is 0 Å². The molecule has 3 atom stereocenters. The van der Waals surface area contributed by atoms with Crippen LogP contribution in [0.25, 0.3) is 0 Å². The summed E-state index contributed by atoms with van der Waals surface area (Å²) in [4.78, 5) is 41.1. The maximum Gasteiger partial charge on any atom is 0.330 e. The van der Waals surface area contributed by atoms with E-state index < -0.39 is 41.1 Å². The lowest BCUT2D eigenvalue weighted by Crippen LogP contribution is -2.58. The van der Waals surface area contributed by atoms with Crippen molar-refractivity contribution in [2.45, 2.75) is 44.6 Å². The van der Waals surface area contributed by atoms with Gasteiger partial charge < -0.3 is 18.9 Å². The minimum absolute atomic E-state index is 0.256. The topological polar surface area (TPSA) is 104 Å². The normalized spacial score (nSPS) is 25.4. The van der Waals surface area contributed by atoms with Crippen LogP contribution in [0.1, 0.15) is 49.4 Å². The Bertz CT molecular complexity index is 1250. The molecule has 1 spiro atoms. The molecule has 5 rings (SSSR count). The van der Waals surface area contributed by atoms with Gasteiger partial charge in [0.15, 0.2) is 17.3 Å². The molecule has 0 N–H and O–H groups in total. The van der Waals surface area contributed by atoms with Crippen molar-refractivity contribution in [3.63, 3.8) is 0 Å². The Hall–Kier alpha value is -3.88. The van der Waals surface area contributed by atoms with E-state index in [1.165, 1.54) is 35.0 Å². The van der Waals surface area contributed by atoms with E-state index in [-0.39, 0.29) is 5.78 Å². The van der Waals surface area contributed by atoms with Crippen LogP contribution in [-0.2, 0) is 23.9 Å². The zero-order valence-corrected chi connectivity index (χ0v) is 20.1. The Morgan fingerprint density at radius 2 is 1.66 bits per heavy atom. The van der Waals surface area contributed by atoms with Crippen LogP contribution < -0.4 is 9.47 Å². The number of ketones is 1. The number of esters is 2. The number of nitrogens with zero attached hydrogens (tertiary/aromatic N) is 2. The number of hydrazone groups is 1. The van der Waals surface area contributed by atoms with E-state index in [0.717, 1.165) is 5.56 Å². The summed E-state index contributed by atoms with van der Waals surface area (Å²) in [5.74, 6) is -3.32. The number of fused-ring (bicyclic) bond motifs is 4. The minimum Gasteiger partial charge on any atom is -0.493 e. The van der Waals surface area contributed by atoms with E-state index in [1.807, 2.05) is 24.3 Å². The number of cyclic esters (lactones) is 2. The third-order valence-corrected chi connectivity index (χ3v) is 6.94. The van der Waals surface area contributed by atoms with Gasteiger partial charge in [-0.2, -0.15) is 5.10 Å². The van der Waals surface area contributed by atoms with Crippen molar-refractivity contribution < 1.29 is 33.3 Å². The van der Waals surface area contributed by atoms with Crippen LogP contribution in [0.2, 0.25) is 0 Å². The number of Topliss-reactive ketones (excluding diaryl/α,β-unsaturated/α-hetero) is 1. The highest BCUT2D eigenvalue weighted by Crippen LogP contribution is 2.62. The van der Waals surface area contributed by atoms with Gasteiger partial charge in [-0.1, -0.05) is 30.3 Å². The lowest BCUT2D eigenvalue weighted by atomic mass is 9.65. The van der Waals surface area contributed by atoms with E-state index in [4.69, 9.17) is 18.9 Å². The molecule has 9 nitrogen and oxygen atoms in total. The molecule has 2 aromatic carbocycles. The number of benzene rings is 2. The zero-order chi connectivity index (χ0) is 25.1. The lowest BCUT2D eigenvalue weighted by Gasteiger charge is -2.44. The van der Waals surface area contributed by atoms with Crippen molar-refractivity contribution in [2.75, 3.05) is 14.2 Å². The molecule has 0 aromatic heterocycles. The molecule has 0 bridgehead atoms. The average molecular weight is 479 g/mol. The fourth-order valence-electron chi connectivity index (χ4n) is 5.58. The maximum atomic E-state index is 14.0. The van der Waals surface area contributed by atoms with Gasteiger partial charge in [0.25, 0.3) is 5.79 Å². The summed E-state index contributed by atoms with van der Waals surface area (Å²) in [7, 11) is 3.00. The Morgan fingerprint density at radius 1 is 1.00 bits per heavy atom. The predicted octanol–water partition coefficient (Wildman–Crippen LogP) is 2.97. The number of hydrogen-bond acceptors (Lipinski definition) is 9. The number of ether oxygens (including phenoxy) is 4. The highest BCUT2D eigenvalue weighted by molar-refractivity contribution is 6.07. The summed E-state index contributed by atoms with van der Waals surface area (Å²) in [5.41, 5.74) is 0.0666. The molecule has 35 heavy (non-hydrogen) atoms. The van der Waals surface area contributed by atoms with Crippen LogP contribution in [0.3, 0.4) is 0 Å². The summed E-state index contributed by atoms with van der Waals surface area (Å²) in [6.45, 7) is 4.43. The Morgan fingerprint density at radius 3 is 2.29 bits per heavy atom. The highest BCUT2D eigenvalue weighted by Gasteiger charge is 2.74. The zero-order valence-electron chi connectivity index (χ0n) is 20.1. The first-order chi connectivity index (χ1) is 16.7. The third-order valence-electron chi connectivity index (χ3n) is 6.94. The second-order valence-corrected chi connectivity index (χ2v) is 9.35. The monoisotopic (exact) mass is 478 g/mol. The van der Waals surface area contributed by atoms with Crippen LogP contribution >= 0.6 is 0 Å². The number of hydrogen-bond donors (Lipinski definition) is 0. The number of carbonyl (C=O) groups excluding carboxylic acids is 3. The van der Waals surface area contributed by atoms with Crippen molar-refractivity contribution in [2.24, 2.45) is 10.5 Å². The summed E-state index contributed by atoms with van der Waals surface area (Å²) in [6, 6.07) is 10.6. The molecule has 0 aliphatic carbocycles. The first-order valence-corrected chi connectivity index (χ1v) is 11.3. The van der Waals surface area contributed by atoms with Gasteiger partial charge in [0.05, 0.1) is 20.4 Å². The molecule has 182 valence electrons. The van der Waals surface area contributed by atoms with E-state index in [9.17, 15) is 14.4 Å². The lowest BCUT2D eigenvalue weighted by molar-refractivity contribution is -0.254. The Balaban J connectivity index is 1.82. The molecule has 9 heteroatoms. The van der Waals surface area contributed by atoms with Crippen LogP contribution in [-0.4, -0.2) is 55.0 Å². The molecule has 3 heterocycles. The van der Waals surface area contributed by atoms with Gasteiger partial charge in [-0.25, -0.2) is 0 Å². The van der Waals surface area contributed by atoms with Gasteiger partial charge in [-0.3, -0.25) is 19.4 Å². The van der Waals surface area contributed by atoms with Crippen molar-refractivity contribution >= 4 is 23.9 Å². The van der Waals surface area contributed by atoms with Gasteiger partial charge >= 0.3 is 11.9 Å². The third kappa shape index (κ3) is 3.14. The molecule has 0 radical (unpaired) electrons. The summed E-state index contributed by atoms with van der Waals surface area (Å²) >= 11 is 0. The van der Waals surface area contributed by atoms with E-state index >= 15 is 0 Å². The van der Waals surface area contributed by atoms with Gasteiger partial charge in [0.1, 0.15) is 12.1 Å². The van der Waals surface area contributed by atoms with Gasteiger partial charge in [0.2, 0.25) is 5.41 Å². The fraction of sp³-hybridized carbons (Fsp3) is 0.385. The molecule has 3 aliphatic heterocycles. The maximum absolute atomic E-state index is 14.0. The number of carbonyl (C=O) groups is 3. The van der Waals surface area contributed by atoms with Gasteiger partial charge in [-0.05, 0) is 35.7 Å². The van der Waals surface area contributed by atoms with Crippen molar-refractivity contribution in [3.05, 3.63) is 59.2 Å². The first kappa shape index (κ1) is 22.9. The van der Waals surface area contributed by atoms with Gasteiger partial charge in [-0.15, -0.1) is 0 Å². The van der Waals surface area contributed by atoms with Crippen LogP contribution in [0, 0.1) is 5.41 Å². The molecule has 1 unspecified atom stereocenters. The second kappa shape index (κ2) is 7.83. The summed E-state index contributed by atoms with van der Waals surface area (Å²) in [5, 5.41) is 6.11. The average Bonchev–Trinajstić information content (AvgIpc) is 3.14. The van der Waals surface area contributed by atoms with Crippen LogP contribution in [0.4, 0.5) is 0 Å². The van der Waals surface area contributed by atoms with E-state index in [1.54, 1.807) is 29.4 Å². The predicted molar refractivity (Wildman–Crippen MR) is 124 cm³/mol. The molecule has 2 fully saturated rings. The summed E-state index contributed by atoms with van der Waals surface area (Å²) in [6.07, 6.45) is 1.63. The quantitative estimate of drug-likeness (QED) is 0.488. The molecule has 3 aliphatic rings. The second-order valence-electron chi connectivity index (χ2n) is 9.35. The molecule has 0 amide bonds. The largest absolute Gasteiger partial charge is 0.493 e. The number of methoxy groups -OCH3 is 2. The SMILES string of the molecule is COc1ccc([C@H]2[C@H](C(C)=O)N3N=Cc4ccccc4C3C23C(=O)OC(C)(C)OC3=O)cc1OC. The van der Waals surface area contributed by atoms with Gasteiger partial charge in [0, 0.05) is 19.8 Å². The van der Waals surface area contributed by atoms with E-state index in [2.05, 4.69) is 5.10 Å².